The number of hydrogen-bond donors (Lipinski definition) is 0. The van der Waals surface area contributed by atoms with Gasteiger partial charge in [0, 0.05) is 19.3 Å². The Kier molecular flexibility index (Phi) is 1.82. The molecule has 0 radical (unpaired) electrons. The molecule has 0 aromatic carbocycles. The van der Waals surface area contributed by atoms with E-state index in [4.69, 9.17) is 4.74 Å². The van der Waals surface area contributed by atoms with Crippen molar-refractivity contribution < 1.29 is 9.53 Å². The molecule has 3 heteroatoms. The first-order valence-corrected chi connectivity index (χ1v) is 3.90. The number of hydrogen-bond acceptors (Lipinski definition) is 3. The second-order valence-electron chi connectivity index (χ2n) is 2.17. The molecule has 1 aliphatic heterocycles. The van der Waals surface area contributed by atoms with Crippen LogP contribution in [0.25, 0.3) is 0 Å². The zero-order valence-electron chi connectivity index (χ0n) is 5.64. The zero-order chi connectivity index (χ0) is 6.91. The minimum Gasteiger partial charge on any atom is -0.360 e. The fourth-order valence-corrected chi connectivity index (χ4v) is 1.88. The Labute approximate surface area is 59.0 Å². The average Bonchev–Trinajstić information content (AvgIpc) is 2.15. The van der Waals surface area contributed by atoms with Gasteiger partial charge in [0.05, 0.1) is 0 Å². The lowest BCUT2D eigenvalue weighted by atomic mass is 10.2. The van der Waals surface area contributed by atoms with Crippen molar-refractivity contribution in [2.45, 2.75) is 18.3 Å². The molecule has 1 heterocycles. The smallest absolute Gasteiger partial charge is 0.175 e. The van der Waals surface area contributed by atoms with Crippen molar-refractivity contribution in [2.24, 2.45) is 0 Å². The highest BCUT2D eigenvalue weighted by atomic mass is 32.2. The summed E-state index contributed by atoms with van der Waals surface area (Å²) in [4.78, 5) is 10.5. The van der Waals surface area contributed by atoms with Crippen molar-refractivity contribution >= 4 is 17.5 Å². The fraction of sp³-hybridized carbons (Fsp3) is 0.833. The van der Waals surface area contributed by atoms with E-state index >= 15 is 0 Å². The van der Waals surface area contributed by atoms with E-state index < -0.39 is 4.93 Å². The third-order valence-electron chi connectivity index (χ3n) is 1.60. The summed E-state index contributed by atoms with van der Waals surface area (Å²) >= 11 is 1.58. The van der Waals surface area contributed by atoms with Crippen molar-refractivity contribution in [1.82, 2.24) is 0 Å². The van der Waals surface area contributed by atoms with Gasteiger partial charge in [-0.15, -0.1) is 11.8 Å². The van der Waals surface area contributed by atoms with E-state index in [0.717, 1.165) is 5.75 Å². The number of methoxy groups -OCH3 is 1. The summed E-state index contributed by atoms with van der Waals surface area (Å²) in [5.41, 5.74) is 0. The molecular formula is C6H10O2S. The van der Waals surface area contributed by atoms with Gasteiger partial charge in [-0.05, 0) is 6.92 Å². The Morgan fingerprint density at radius 1 is 1.78 bits per heavy atom. The summed E-state index contributed by atoms with van der Waals surface area (Å²) in [5, 5.41) is 0. The molecule has 0 spiro atoms. The van der Waals surface area contributed by atoms with Gasteiger partial charge in [0.2, 0.25) is 0 Å². The van der Waals surface area contributed by atoms with Crippen molar-refractivity contribution in [1.29, 1.82) is 0 Å². The lowest BCUT2D eigenvalue weighted by Gasteiger charge is -2.17. The van der Waals surface area contributed by atoms with Gasteiger partial charge in [0.15, 0.2) is 10.7 Å². The van der Waals surface area contributed by atoms with Crippen LogP contribution in [0.1, 0.15) is 13.3 Å². The topological polar surface area (TPSA) is 26.3 Å². The number of Topliss-reactive ketones (excluding diaryl/α,β-unsaturated/α-hetero) is 1. The van der Waals surface area contributed by atoms with Gasteiger partial charge in [-0.1, -0.05) is 0 Å². The van der Waals surface area contributed by atoms with Gasteiger partial charge >= 0.3 is 0 Å². The van der Waals surface area contributed by atoms with Crippen LogP contribution in [-0.4, -0.2) is 23.6 Å². The quantitative estimate of drug-likeness (QED) is 0.553. The molecule has 1 fully saturated rings. The molecule has 9 heavy (non-hydrogen) atoms. The minimum atomic E-state index is -0.528. The molecule has 1 unspecified atom stereocenters. The Balaban J connectivity index is 2.67. The predicted octanol–water partition coefficient (Wildman–Crippen LogP) is 1.05. The van der Waals surface area contributed by atoms with Crippen LogP contribution >= 0.6 is 11.8 Å². The van der Waals surface area contributed by atoms with Crippen LogP contribution in [0.2, 0.25) is 0 Å². The van der Waals surface area contributed by atoms with Crippen LogP contribution < -0.4 is 0 Å². The van der Waals surface area contributed by atoms with E-state index in [1.165, 1.54) is 0 Å². The molecule has 0 amide bonds. The largest absolute Gasteiger partial charge is 0.360 e. The Morgan fingerprint density at radius 3 is 2.67 bits per heavy atom. The molecule has 0 aliphatic carbocycles. The summed E-state index contributed by atoms with van der Waals surface area (Å²) in [5.74, 6) is 1.12. The van der Waals surface area contributed by atoms with E-state index in [2.05, 4.69) is 0 Å². The summed E-state index contributed by atoms with van der Waals surface area (Å²) in [6, 6.07) is 0. The number of thioether (sulfide) groups is 1. The molecule has 0 aromatic heterocycles. The second-order valence-corrected chi connectivity index (χ2v) is 3.65. The molecule has 0 N–H and O–H groups in total. The summed E-state index contributed by atoms with van der Waals surface area (Å²) in [6.45, 7) is 1.83. The van der Waals surface area contributed by atoms with Crippen molar-refractivity contribution in [3.8, 4) is 0 Å². The van der Waals surface area contributed by atoms with Crippen LogP contribution in [0.3, 0.4) is 0 Å². The maximum Gasteiger partial charge on any atom is 0.175 e. The molecule has 2 nitrogen and oxygen atoms in total. The fourth-order valence-electron chi connectivity index (χ4n) is 0.819. The van der Waals surface area contributed by atoms with Crippen molar-refractivity contribution in [3.05, 3.63) is 0 Å². The molecule has 1 saturated heterocycles. The molecular weight excluding hydrogens is 136 g/mol. The SMILES string of the molecule is COC1(C)SCCC1=O. The van der Waals surface area contributed by atoms with Gasteiger partial charge in [0.25, 0.3) is 0 Å². The van der Waals surface area contributed by atoms with Gasteiger partial charge in [-0.25, -0.2) is 0 Å². The van der Waals surface area contributed by atoms with E-state index in [1.807, 2.05) is 6.92 Å². The molecule has 1 aliphatic rings. The monoisotopic (exact) mass is 146 g/mol. The van der Waals surface area contributed by atoms with E-state index in [0.29, 0.717) is 6.42 Å². The Bertz CT molecular complexity index is 135. The molecule has 0 saturated carbocycles. The Morgan fingerprint density at radius 2 is 2.44 bits per heavy atom. The third kappa shape index (κ3) is 1.12. The maximum atomic E-state index is 11.0. The van der Waals surface area contributed by atoms with Crippen molar-refractivity contribution in [3.63, 3.8) is 0 Å². The summed E-state index contributed by atoms with van der Waals surface area (Å²) in [6.07, 6.45) is 0.662. The predicted molar refractivity (Wildman–Crippen MR) is 37.5 cm³/mol. The number of ketones is 1. The zero-order valence-corrected chi connectivity index (χ0v) is 6.46. The van der Waals surface area contributed by atoms with Crippen LogP contribution in [0.15, 0.2) is 0 Å². The van der Waals surface area contributed by atoms with E-state index in [-0.39, 0.29) is 5.78 Å². The Hall–Kier alpha value is -0.0200. The average molecular weight is 146 g/mol. The number of carbonyl (C=O) groups excluding carboxylic acids is 1. The van der Waals surface area contributed by atoms with Crippen molar-refractivity contribution in [2.75, 3.05) is 12.9 Å². The second kappa shape index (κ2) is 2.31. The van der Waals surface area contributed by atoms with Crippen LogP contribution in [-0.2, 0) is 9.53 Å². The highest BCUT2D eigenvalue weighted by Crippen LogP contribution is 2.34. The first kappa shape index (κ1) is 7.09. The molecule has 52 valence electrons. The normalized spacial score (nSPS) is 35.6. The van der Waals surface area contributed by atoms with E-state index in [1.54, 1.807) is 18.9 Å². The van der Waals surface area contributed by atoms with Gasteiger partial charge < -0.3 is 4.74 Å². The summed E-state index contributed by atoms with van der Waals surface area (Å²) in [7, 11) is 1.58. The molecule has 1 atom stereocenters. The van der Waals surface area contributed by atoms with Crippen LogP contribution in [0.4, 0.5) is 0 Å². The molecule has 1 rings (SSSR count). The number of carbonyl (C=O) groups is 1. The standard InChI is InChI=1S/C6H10O2S/c1-6(8-2)5(7)3-4-9-6/h3-4H2,1-2H3. The van der Waals surface area contributed by atoms with Crippen LogP contribution in [0.5, 0.6) is 0 Å². The third-order valence-corrected chi connectivity index (χ3v) is 2.96. The maximum absolute atomic E-state index is 11.0. The number of ether oxygens (including phenoxy) is 1. The lowest BCUT2D eigenvalue weighted by molar-refractivity contribution is -0.128. The first-order valence-electron chi connectivity index (χ1n) is 2.91. The summed E-state index contributed by atoms with van der Waals surface area (Å²) < 4.78 is 5.02. The molecule has 0 aromatic rings. The minimum absolute atomic E-state index is 0.218. The highest BCUT2D eigenvalue weighted by molar-refractivity contribution is 8.01. The first-order chi connectivity index (χ1) is 4.19. The van der Waals surface area contributed by atoms with Gasteiger partial charge in [-0.3, -0.25) is 4.79 Å². The van der Waals surface area contributed by atoms with Gasteiger partial charge in [0.1, 0.15) is 0 Å². The highest BCUT2D eigenvalue weighted by Gasteiger charge is 2.37. The molecule has 0 bridgehead atoms. The van der Waals surface area contributed by atoms with E-state index in [9.17, 15) is 4.79 Å². The van der Waals surface area contributed by atoms with Crippen LogP contribution in [0, 0.1) is 0 Å². The number of rotatable bonds is 1. The van der Waals surface area contributed by atoms with Gasteiger partial charge in [-0.2, -0.15) is 0 Å². The lowest BCUT2D eigenvalue weighted by Crippen LogP contribution is -2.28.